The van der Waals surface area contributed by atoms with Gasteiger partial charge in [0.1, 0.15) is 0 Å². The summed E-state index contributed by atoms with van der Waals surface area (Å²) in [6.45, 7) is 2.77. The summed E-state index contributed by atoms with van der Waals surface area (Å²) < 4.78 is 0. The van der Waals surface area contributed by atoms with Crippen LogP contribution in [0.1, 0.15) is 25.7 Å². The molecule has 0 bridgehead atoms. The molecule has 2 aliphatic rings. The molecule has 0 amide bonds. The summed E-state index contributed by atoms with van der Waals surface area (Å²) in [4.78, 5) is 2.56. The summed E-state index contributed by atoms with van der Waals surface area (Å²) >= 11 is 0. The molecule has 0 aromatic heterocycles. The molecule has 2 rings (SSSR count). The first-order chi connectivity index (χ1) is 6.29. The van der Waals surface area contributed by atoms with Crippen LogP contribution in [0.25, 0.3) is 0 Å². The van der Waals surface area contributed by atoms with Crippen LogP contribution in [0.3, 0.4) is 0 Å². The zero-order valence-electron chi connectivity index (χ0n) is 8.15. The van der Waals surface area contributed by atoms with Crippen molar-refractivity contribution in [2.75, 3.05) is 19.7 Å². The largest absolute Gasteiger partial charge is 0.396 e. The van der Waals surface area contributed by atoms with E-state index in [1.54, 1.807) is 0 Å². The van der Waals surface area contributed by atoms with E-state index in [1.807, 2.05) is 0 Å². The van der Waals surface area contributed by atoms with Gasteiger partial charge in [-0.15, -0.1) is 0 Å². The molecule has 1 saturated carbocycles. The molecule has 1 saturated heterocycles. The van der Waals surface area contributed by atoms with Gasteiger partial charge in [0.15, 0.2) is 0 Å². The van der Waals surface area contributed by atoms with Crippen LogP contribution < -0.4 is 5.73 Å². The molecule has 3 nitrogen and oxygen atoms in total. The van der Waals surface area contributed by atoms with Crippen LogP contribution in [0.2, 0.25) is 0 Å². The van der Waals surface area contributed by atoms with Crippen LogP contribution in [0.15, 0.2) is 0 Å². The molecular formula is C10H20N2O. The van der Waals surface area contributed by atoms with Crippen LogP contribution in [0.4, 0.5) is 0 Å². The number of nitrogens with two attached hydrogens (primary N) is 1. The molecule has 0 aromatic rings. The predicted octanol–water partition coefficient (Wildman–Crippen LogP) is 0.180. The number of hydrogen-bond acceptors (Lipinski definition) is 3. The fourth-order valence-electron chi connectivity index (χ4n) is 2.54. The van der Waals surface area contributed by atoms with E-state index in [0.717, 1.165) is 18.4 Å². The normalized spacial score (nSPS) is 40.6. The standard InChI is InChI=1S/C10H20N2O/c11-9-5-10(6-9)12-3-1-8(7-12)2-4-13/h8-10,13H,1-7,11H2. The maximum atomic E-state index is 8.83. The Labute approximate surface area is 79.9 Å². The number of nitrogens with zero attached hydrogens (tertiary/aromatic N) is 1. The van der Waals surface area contributed by atoms with Crippen molar-refractivity contribution in [2.24, 2.45) is 11.7 Å². The van der Waals surface area contributed by atoms with Crippen LogP contribution >= 0.6 is 0 Å². The average molecular weight is 184 g/mol. The minimum Gasteiger partial charge on any atom is -0.396 e. The van der Waals surface area contributed by atoms with Crippen LogP contribution in [-0.4, -0.2) is 41.8 Å². The molecule has 1 atom stereocenters. The molecule has 0 radical (unpaired) electrons. The summed E-state index contributed by atoms with van der Waals surface area (Å²) in [5, 5.41) is 8.83. The van der Waals surface area contributed by atoms with Gasteiger partial charge in [0.05, 0.1) is 0 Å². The maximum Gasteiger partial charge on any atom is 0.0434 e. The number of aliphatic hydroxyl groups is 1. The third kappa shape index (κ3) is 2.03. The highest BCUT2D eigenvalue weighted by molar-refractivity contribution is 4.92. The molecule has 1 aliphatic carbocycles. The minimum atomic E-state index is 0.350. The van der Waals surface area contributed by atoms with Crippen molar-refractivity contribution in [3.8, 4) is 0 Å². The molecule has 0 spiro atoms. The van der Waals surface area contributed by atoms with Gasteiger partial charge in [-0.1, -0.05) is 0 Å². The van der Waals surface area contributed by atoms with E-state index in [-0.39, 0.29) is 0 Å². The Hall–Kier alpha value is -0.120. The van der Waals surface area contributed by atoms with E-state index < -0.39 is 0 Å². The molecular weight excluding hydrogens is 164 g/mol. The Bertz CT molecular complexity index is 168. The second-order valence-corrected chi connectivity index (χ2v) is 4.55. The molecule has 3 N–H and O–H groups in total. The third-order valence-corrected chi connectivity index (χ3v) is 3.52. The smallest absolute Gasteiger partial charge is 0.0434 e. The van der Waals surface area contributed by atoms with E-state index in [2.05, 4.69) is 4.90 Å². The Morgan fingerprint density at radius 2 is 2.15 bits per heavy atom. The predicted molar refractivity (Wildman–Crippen MR) is 52.4 cm³/mol. The van der Waals surface area contributed by atoms with Gasteiger partial charge in [-0.3, -0.25) is 4.90 Å². The van der Waals surface area contributed by atoms with Gasteiger partial charge in [-0.05, 0) is 38.1 Å². The first-order valence-corrected chi connectivity index (χ1v) is 5.40. The lowest BCUT2D eigenvalue weighted by Gasteiger charge is -2.39. The van der Waals surface area contributed by atoms with Crippen molar-refractivity contribution in [3.05, 3.63) is 0 Å². The third-order valence-electron chi connectivity index (χ3n) is 3.52. The van der Waals surface area contributed by atoms with E-state index in [0.29, 0.717) is 12.6 Å². The van der Waals surface area contributed by atoms with Crippen molar-refractivity contribution in [1.82, 2.24) is 4.90 Å². The zero-order valence-corrected chi connectivity index (χ0v) is 8.15. The van der Waals surface area contributed by atoms with Gasteiger partial charge in [0.2, 0.25) is 0 Å². The molecule has 76 valence electrons. The molecule has 1 unspecified atom stereocenters. The van der Waals surface area contributed by atoms with Crippen molar-refractivity contribution in [2.45, 2.75) is 37.8 Å². The summed E-state index contributed by atoms with van der Waals surface area (Å²) in [5.74, 6) is 0.738. The van der Waals surface area contributed by atoms with Gasteiger partial charge in [-0.2, -0.15) is 0 Å². The molecule has 1 aliphatic heterocycles. The lowest BCUT2D eigenvalue weighted by Crippen LogP contribution is -2.49. The summed E-state index contributed by atoms with van der Waals surface area (Å²) in [6.07, 6.45) is 4.62. The van der Waals surface area contributed by atoms with Crippen molar-refractivity contribution < 1.29 is 5.11 Å². The summed E-state index contributed by atoms with van der Waals surface area (Å²) in [7, 11) is 0. The first kappa shape index (κ1) is 9.44. The van der Waals surface area contributed by atoms with Crippen molar-refractivity contribution in [3.63, 3.8) is 0 Å². The highest BCUT2D eigenvalue weighted by Crippen LogP contribution is 2.30. The molecule has 2 fully saturated rings. The first-order valence-electron chi connectivity index (χ1n) is 5.40. The van der Waals surface area contributed by atoms with E-state index >= 15 is 0 Å². The Balaban J connectivity index is 1.72. The van der Waals surface area contributed by atoms with E-state index in [1.165, 1.54) is 32.4 Å². The quantitative estimate of drug-likeness (QED) is 0.658. The fourth-order valence-corrected chi connectivity index (χ4v) is 2.54. The average Bonchev–Trinajstić information content (AvgIpc) is 2.48. The minimum absolute atomic E-state index is 0.350. The number of rotatable bonds is 3. The highest BCUT2D eigenvalue weighted by Gasteiger charge is 2.34. The van der Waals surface area contributed by atoms with Gasteiger partial charge in [0.25, 0.3) is 0 Å². The SMILES string of the molecule is NC1CC(N2CCC(CCO)C2)C1. The molecule has 1 heterocycles. The lowest BCUT2D eigenvalue weighted by molar-refractivity contribution is 0.131. The van der Waals surface area contributed by atoms with Gasteiger partial charge < -0.3 is 10.8 Å². The highest BCUT2D eigenvalue weighted by atomic mass is 16.3. The van der Waals surface area contributed by atoms with Crippen molar-refractivity contribution >= 4 is 0 Å². The van der Waals surface area contributed by atoms with Gasteiger partial charge in [-0.25, -0.2) is 0 Å². The molecule has 13 heavy (non-hydrogen) atoms. The van der Waals surface area contributed by atoms with Crippen LogP contribution in [-0.2, 0) is 0 Å². The Morgan fingerprint density at radius 1 is 1.38 bits per heavy atom. The second-order valence-electron chi connectivity index (χ2n) is 4.55. The fraction of sp³-hybridized carbons (Fsp3) is 1.00. The Kier molecular flexibility index (Phi) is 2.86. The molecule has 0 aromatic carbocycles. The molecule has 3 heteroatoms. The van der Waals surface area contributed by atoms with Crippen LogP contribution in [0, 0.1) is 5.92 Å². The number of hydrogen-bond donors (Lipinski definition) is 2. The summed E-state index contributed by atoms with van der Waals surface area (Å²) in [6, 6.07) is 1.22. The van der Waals surface area contributed by atoms with Gasteiger partial charge >= 0.3 is 0 Å². The Morgan fingerprint density at radius 3 is 2.77 bits per heavy atom. The second kappa shape index (κ2) is 3.95. The van der Waals surface area contributed by atoms with Crippen LogP contribution in [0.5, 0.6) is 0 Å². The monoisotopic (exact) mass is 184 g/mol. The maximum absolute atomic E-state index is 8.83. The van der Waals surface area contributed by atoms with E-state index in [9.17, 15) is 0 Å². The summed E-state index contributed by atoms with van der Waals surface area (Å²) in [5.41, 5.74) is 5.76. The topological polar surface area (TPSA) is 49.5 Å². The van der Waals surface area contributed by atoms with Gasteiger partial charge in [0, 0.05) is 25.2 Å². The lowest BCUT2D eigenvalue weighted by atomic mass is 9.86. The van der Waals surface area contributed by atoms with E-state index in [4.69, 9.17) is 10.8 Å². The van der Waals surface area contributed by atoms with Crippen molar-refractivity contribution in [1.29, 1.82) is 0 Å². The zero-order chi connectivity index (χ0) is 9.26. The number of likely N-dealkylation sites (tertiary alicyclic amines) is 1. The number of aliphatic hydroxyl groups excluding tert-OH is 1.